The summed E-state index contributed by atoms with van der Waals surface area (Å²) < 4.78 is 26.8. The zero-order valence-electron chi connectivity index (χ0n) is 15.2. The first-order valence-corrected chi connectivity index (χ1v) is 9.68. The van der Waals surface area contributed by atoms with E-state index in [2.05, 4.69) is 15.4 Å². The Balaban J connectivity index is 2.50. The molecule has 1 aromatic carbocycles. The number of nitrogens with one attached hydrogen (secondary N) is 3. The van der Waals surface area contributed by atoms with Crippen molar-refractivity contribution in [2.24, 2.45) is 0 Å². The Hall–Kier alpha value is -1.93. The summed E-state index contributed by atoms with van der Waals surface area (Å²) in [6.07, 6.45) is -0.0429. The lowest BCUT2D eigenvalue weighted by atomic mass is 9.87. The topological polar surface area (TPSA) is 104 Å². The summed E-state index contributed by atoms with van der Waals surface area (Å²) >= 11 is 0. The molecule has 0 aliphatic heterocycles. The van der Waals surface area contributed by atoms with Gasteiger partial charge < -0.3 is 10.6 Å². The van der Waals surface area contributed by atoms with E-state index in [1.165, 1.54) is 0 Å². The van der Waals surface area contributed by atoms with Crippen LogP contribution in [0.15, 0.2) is 29.2 Å². The standard InChI is InChI=1S/C17H27N3O4S/c1-5-18-16(22)12-19-15(21)10-11-20-25(23,24)14-8-6-13(7-9-14)17(2,3)4/h6-9,20H,5,10-12H2,1-4H3,(H,18,22)(H,19,21). The minimum Gasteiger partial charge on any atom is -0.355 e. The van der Waals surface area contributed by atoms with E-state index >= 15 is 0 Å². The zero-order chi connectivity index (χ0) is 19.1. The van der Waals surface area contributed by atoms with E-state index in [1.807, 2.05) is 20.8 Å². The molecule has 0 heterocycles. The molecule has 1 rings (SSSR count). The van der Waals surface area contributed by atoms with Crippen molar-refractivity contribution in [3.8, 4) is 0 Å². The van der Waals surface area contributed by atoms with Gasteiger partial charge in [0.2, 0.25) is 21.8 Å². The Morgan fingerprint density at radius 2 is 1.60 bits per heavy atom. The molecular formula is C17H27N3O4S. The third kappa shape index (κ3) is 7.23. The van der Waals surface area contributed by atoms with Crippen molar-refractivity contribution >= 4 is 21.8 Å². The number of hydrogen-bond donors (Lipinski definition) is 3. The summed E-state index contributed by atoms with van der Waals surface area (Å²) in [5, 5.41) is 4.98. The number of carbonyl (C=O) groups is 2. The average Bonchev–Trinajstić information content (AvgIpc) is 2.52. The second kappa shape index (κ2) is 8.96. The van der Waals surface area contributed by atoms with Crippen LogP contribution in [0.3, 0.4) is 0 Å². The molecule has 0 aliphatic carbocycles. The van der Waals surface area contributed by atoms with E-state index in [0.717, 1.165) is 5.56 Å². The van der Waals surface area contributed by atoms with Gasteiger partial charge in [-0.05, 0) is 30.0 Å². The lowest BCUT2D eigenvalue weighted by Gasteiger charge is -2.19. The van der Waals surface area contributed by atoms with E-state index in [9.17, 15) is 18.0 Å². The van der Waals surface area contributed by atoms with Crippen molar-refractivity contribution in [3.63, 3.8) is 0 Å². The van der Waals surface area contributed by atoms with Gasteiger partial charge in [-0.2, -0.15) is 0 Å². The van der Waals surface area contributed by atoms with Crippen LogP contribution < -0.4 is 15.4 Å². The third-order valence-electron chi connectivity index (χ3n) is 3.49. The number of likely N-dealkylation sites (N-methyl/N-ethyl adjacent to an activating group) is 1. The molecule has 1 aromatic rings. The minimum absolute atomic E-state index is 0.0371. The second-order valence-electron chi connectivity index (χ2n) is 6.65. The van der Waals surface area contributed by atoms with E-state index in [-0.39, 0.29) is 35.7 Å². The molecule has 3 N–H and O–H groups in total. The van der Waals surface area contributed by atoms with Crippen LogP contribution >= 0.6 is 0 Å². The zero-order valence-corrected chi connectivity index (χ0v) is 16.0. The lowest BCUT2D eigenvalue weighted by Crippen LogP contribution is -2.38. The fourth-order valence-electron chi connectivity index (χ4n) is 2.04. The maximum absolute atomic E-state index is 12.2. The van der Waals surface area contributed by atoms with E-state index < -0.39 is 15.9 Å². The Labute approximate surface area is 149 Å². The summed E-state index contributed by atoms with van der Waals surface area (Å²) in [7, 11) is -3.67. The van der Waals surface area contributed by atoms with Crippen LogP contribution in [0, 0.1) is 0 Å². The fraction of sp³-hybridized carbons (Fsp3) is 0.529. The fourth-order valence-corrected chi connectivity index (χ4v) is 3.08. The van der Waals surface area contributed by atoms with Crippen LogP contribution in [0.5, 0.6) is 0 Å². The molecule has 0 radical (unpaired) electrons. The minimum atomic E-state index is -3.67. The first-order chi connectivity index (χ1) is 11.6. The Bertz CT molecular complexity index is 692. The molecule has 0 unspecified atom stereocenters. The van der Waals surface area contributed by atoms with Crippen molar-refractivity contribution in [3.05, 3.63) is 29.8 Å². The molecule has 0 saturated carbocycles. The summed E-state index contributed by atoms with van der Waals surface area (Å²) in [5.41, 5.74) is 0.980. The Morgan fingerprint density at radius 1 is 1.00 bits per heavy atom. The van der Waals surface area contributed by atoms with Gasteiger partial charge in [-0.25, -0.2) is 13.1 Å². The maximum Gasteiger partial charge on any atom is 0.240 e. The molecule has 7 nitrogen and oxygen atoms in total. The largest absolute Gasteiger partial charge is 0.355 e. The first kappa shape index (κ1) is 21.1. The number of amides is 2. The van der Waals surface area contributed by atoms with E-state index in [1.54, 1.807) is 31.2 Å². The van der Waals surface area contributed by atoms with E-state index in [0.29, 0.717) is 6.54 Å². The van der Waals surface area contributed by atoms with E-state index in [4.69, 9.17) is 0 Å². The molecule has 0 atom stereocenters. The van der Waals surface area contributed by atoms with Gasteiger partial charge >= 0.3 is 0 Å². The van der Waals surface area contributed by atoms with Crippen LogP contribution in [0.1, 0.15) is 39.7 Å². The van der Waals surface area contributed by atoms with Crippen molar-refractivity contribution < 1.29 is 18.0 Å². The Kier molecular flexibility index (Phi) is 7.57. The molecule has 0 aliphatic rings. The SMILES string of the molecule is CCNC(=O)CNC(=O)CCNS(=O)(=O)c1ccc(C(C)(C)C)cc1. The molecule has 25 heavy (non-hydrogen) atoms. The van der Waals surface area contributed by atoms with Crippen LogP contribution in [0.25, 0.3) is 0 Å². The highest BCUT2D eigenvalue weighted by atomic mass is 32.2. The number of carbonyl (C=O) groups excluding carboxylic acids is 2. The van der Waals surface area contributed by atoms with Gasteiger partial charge in [-0.15, -0.1) is 0 Å². The predicted octanol–water partition coefficient (Wildman–Crippen LogP) is 0.905. The summed E-state index contributed by atoms with van der Waals surface area (Å²) in [6, 6.07) is 6.68. The second-order valence-corrected chi connectivity index (χ2v) is 8.42. The number of hydrogen-bond acceptors (Lipinski definition) is 4. The van der Waals surface area contributed by atoms with Gasteiger partial charge in [0.05, 0.1) is 11.4 Å². The summed E-state index contributed by atoms with van der Waals surface area (Å²) in [4.78, 5) is 23.0. The smallest absolute Gasteiger partial charge is 0.240 e. The third-order valence-corrected chi connectivity index (χ3v) is 4.97. The van der Waals surface area contributed by atoms with Crippen LogP contribution in [-0.4, -0.2) is 39.9 Å². The molecule has 0 aromatic heterocycles. The molecular weight excluding hydrogens is 342 g/mol. The molecule has 0 bridgehead atoms. The van der Waals surface area contributed by atoms with Gasteiger partial charge in [-0.1, -0.05) is 32.9 Å². The van der Waals surface area contributed by atoms with Crippen molar-refractivity contribution in [2.45, 2.75) is 44.4 Å². The molecule has 8 heteroatoms. The Morgan fingerprint density at radius 3 is 2.12 bits per heavy atom. The van der Waals surface area contributed by atoms with Gasteiger partial charge in [0, 0.05) is 19.5 Å². The summed E-state index contributed by atoms with van der Waals surface area (Å²) in [6.45, 7) is 8.26. The normalized spacial score (nSPS) is 11.8. The molecule has 0 fully saturated rings. The van der Waals surface area contributed by atoms with Crippen molar-refractivity contribution in [1.29, 1.82) is 0 Å². The van der Waals surface area contributed by atoms with Crippen LogP contribution in [-0.2, 0) is 25.0 Å². The maximum atomic E-state index is 12.2. The number of benzene rings is 1. The van der Waals surface area contributed by atoms with Gasteiger partial charge in [-0.3, -0.25) is 9.59 Å². The summed E-state index contributed by atoms with van der Waals surface area (Å²) in [5.74, 6) is -0.674. The molecule has 2 amide bonds. The molecule has 0 saturated heterocycles. The van der Waals surface area contributed by atoms with Crippen LogP contribution in [0.2, 0.25) is 0 Å². The number of rotatable bonds is 8. The van der Waals surface area contributed by atoms with Gasteiger partial charge in [0.25, 0.3) is 0 Å². The van der Waals surface area contributed by atoms with Gasteiger partial charge in [0.1, 0.15) is 0 Å². The molecule has 140 valence electrons. The average molecular weight is 369 g/mol. The monoisotopic (exact) mass is 369 g/mol. The highest BCUT2D eigenvalue weighted by Gasteiger charge is 2.17. The quantitative estimate of drug-likeness (QED) is 0.633. The van der Waals surface area contributed by atoms with Crippen molar-refractivity contribution in [1.82, 2.24) is 15.4 Å². The number of sulfonamides is 1. The molecule has 0 spiro atoms. The van der Waals surface area contributed by atoms with Crippen molar-refractivity contribution in [2.75, 3.05) is 19.6 Å². The highest BCUT2D eigenvalue weighted by Crippen LogP contribution is 2.23. The van der Waals surface area contributed by atoms with Gasteiger partial charge in [0.15, 0.2) is 0 Å². The lowest BCUT2D eigenvalue weighted by molar-refractivity contribution is -0.125. The predicted molar refractivity (Wildman–Crippen MR) is 96.6 cm³/mol. The first-order valence-electron chi connectivity index (χ1n) is 8.20. The highest BCUT2D eigenvalue weighted by molar-refractivity contribution is 7.89. The van der Waals surface area contributed by atoms with Crippen LogP contribution in [0.4, 0.5) is 0 Å².